The molecule has 0 atom stereocenters. The Balaban J connectivity index is 2.14. The van der Waals surface area contributed by atoms with E-state index >= 15 is 0 Å². The van der Waals surface area contributed by atoms with E-state index in [1.807, 2.05) is 29.4 Å². The van der Waals surface area contributed by atoms with Gasteiger partial charge in [-0.05, 0) is 12.5 Å². The van der Waals surface area contributed by atoms with Gasteiger partial charge in [0.1, 0.15) is 0 Å². The van der Waals surface area contributed by atoms with E-state index in [1.54, 1.807) is 0 Å². The number of hydrogen-bond acceptors (Lipinski definition) is 4. The molecule has 2 heterocycles. The Hall–Kier alpha value is -1.36. The third-order valence-electron chi connectivity index (χ3n) is 1.66. The lowest BCUT2D eigenvalue weighted by atomic mass is 10.4. The quantitative estimate of drug-likeness (QED) is 0.783. The fourth-order valence-electron chi connectivity index (χ4n) is 1.11. The average Bonchev–Trinajstić information content (AvgIpc) is 2.62. The van der Waals surface area contributed by atoms with Crippen molar-refractivity contribution in [3.8, 4) is 0 Å². The Morgan fingerprint density at radius 3 is 3.00 bits per heavy atom. The molecule has 0 aliphatic rings. The van der Waals surface area contributed by atoms with Crippen LogP contribution in [0.4, 0.5) is 5.13 Å². The van der Waals surface area contributed by atoms with Crippen LogP contribution in [0, 0.1) is 6.92 Å². The van der Waals surface area contributed by atoms with E-state index in [9.17, 15) is 0 Å². The second-order valence-corrected chi connectivity index (χ2v) is 3.78. The Kier molecular flexibility index (Phi) is 2.02. The number of nitrogens with zero attached hydrogens (tertiary/aromatic N) is 3. The zero-order chi connectivity index (χ0) is 9.26. The number of rotatable bonds is 2. The lowest BCUT2D eigenvalue weighted by molar-refractivity contribution is 0.676. The molecule has 0 saturated heterocycles. The summed E-state index contributed by atoms with van der Waals surface area (Å²) in [6, 6.07) is 0. The molecule has 0 bridgehead atoms. The van der Waals surface area contributed by atoms with Gasteiger partial charge >= 0.3 is 0 Å². The van der Waals surface area contributed by atoms with Gasteiger partial charge in [0, 0.05) is 11.6 Å². The van der Waals surface area contributed by atoms with Crippen molar-refractivity contribution in [3.05, 3.63) is 29.0 Å². The molecule has 0 fully saturated rings. The van der Waals surface area contributed by atoms with Crippen LogP contribution in [0.5, 0.6) is 0 Å². The molecule has 0 amide bonds. The van der Waals surface area contributed by atoms with Crippen molar-refractivity contribution >= 4 is 16.5 Å². The minimum Gasteiger partial charge on any atom is -0.375 e. The molecule has 0 aliphatic heterocycles. The normalized spacial score (nSPS) is 10.5. The number of nitrogens with two attached hydrogens (primary N) is 1. The van der Waals surface area contributed by atoms with Gasteiger partial charge in [-0.15, -0.1) is 11.3 Å². The molecule has 4 nitrogen and oxygen atoms in total. The number of hydrogen-bond donors (Lipinski definition) is 1. The number of thiazole rings is 1. The molecule has 0 aliphatic carbocycles. The van der Waals surface area contributed by atoms with Crippen molar-refractivity contribution in [2.45, 2.75) is 13.5 Å². The Morgan fingerprint density at radius 2 is 2.46 bits per heavy atom. The summed E-state index contributed by atoms with van der Waals surface area (Å²) in [5.41, 5.74) is 7.63. The van der Waals surface area contributed by atoms with Gasteiger partial charge in [0.05, 0.1) is 18.4 Å². The molecule has 13 heavy (non-hydrogen) atoms. The highest BCUT2D eigenvalue weighted by molar-refractivity contribution is 7.13. The summed E-state index contributed by atoms with van der Waals surface area (Å²) in [6.45, 7) is 2.71. The van der Waals surface area contributed by atoms with E-state index in [0.717, 1.165) is 11.3 Å². The molecule has 2 N–H and O–H groups in total. The first-order chi connectivity index (χ1) is 6.24. The first-order valence-electron chi connectivity index (χ1n) is 3.93. The van der Waals surface area contributed by atoms with Crippen LogP contribution in [0.1, 0.15) is 11.3 Å². The van der Waals surface area contributed by atoms with Crippen molar-refractivity contribution < 1.29 is 0 Å². The molecule has 2 aromatic heterocycles. The summed E-state index contributed by atoms with van der Waals surface area (Å²) in [7, 11) is 0. The van der Waals surface area contributed by atoms with E-state index in [-0.39, 0.29) is 0 Å². The predicted octanol–water partition coefficient (Wildman–Crippen LogP) is 1.28. The maximum absolute atomic E-state index is 5.52. The van der Waals surface area contributed by atoms with Gasteiger partial charge in [0.15, 0.2) is 5.13 Å². The number of aryl methyl sites for hydroxylation is 1. The van der Waals surface area contributed by atoms with Crippen LogP contribution in [0.2, 0.25) is 0 Å². The highest BCUT2D eigenvalue weighted by atomic mass is 32.1. The summed E-state index contributed by atoms with van der Waals surface area (Å²) in [5.74, 6) is 0. The lowest BCUT2D eigenvalue weighted by Crippen LogP contribution is -2.00. The van der Waals surface area contributed by atoms with Crippen LogP contribution < -0.4 is 5.73 Å². The van der Waals surface area contributed by atoms with Crippen LogP contribution in [0.3, 0.4) is 0 Å². The zero-order valence-corrected chi connectivity index (χ0v) is 8.08. The lowest BCUT2D eigenvalue weighted by Gasteiger charge is -1.95. The monoisotopic (exact) mass is 194 g/mol. The summed E-state index contributed by atoms with van der Waals surface area (Å²) in [5, 5.41) is 6.72. The maximum atomic E-state index is 5.52. The summed E-state index contributed by atoms with van der Waals surface area (Å²) < 4.78 is 1.85. The standard InChI is InChI=1S/C8H10N4S/c1-6-2-10-12(3-6)4-7-5-13-8(9)11-7/h2-3,5H,4H2,1H3,(H2,9,11). The van der Waals surface area contributed by atoms with Gasteiger partial charge in [0.2, 0.25) is 0 Å². The maximum Gasteiger partial charge on any atom is 0.180 e. The zero-order valence-electron chi connectivity index (χ0n) is 7.27. The van der Waals surface area contributed by atoms with E-state index in [2.05, 4.69) is 10.1 Å². The van der Waals surface area contributed by atoms with Gasteiger partial charge in [-0.1, -0.05) is 0 Å². The topological polar surface area (TPSA) is 56.7 Å². The first kappa shape index (κ1) is 8.25. The molecule has 0 unspecified atom stereocenters. The molecule has 0 spiro atoms. The predicted molar refractivity (Wildman–Crippen MR) is 52.6 cm³/mol. The second-order valence-electron chi connectivity index (χ2n) is 2.89. The number of anilines is 1. The van der Waals surface area contributed by atoms with Crippen LogP contribution >= 0.6 is 11.3 Å². The molecular formula is C8H10N4S. The summed E-state index contributed by atoms with van der Waals surface area (Å²) >= 11 is 1.46. The van der Waals surface area contributed by atoms with Crippen LogP contribution in [0.25, 0.3) is 0 Å². The molecule has 0 aromatic carbocycles. The average molecular weight is 194 g/mol. The molecule has 68 valence electrons. The largest absolute Gasteiger partial charge is 0.375 e. The first-order valence-corrected chi connectivity index (χ1v) is 4.81. The highest BCUT2D eigenvalue weighted by Crippen LogP contribution is 2.11. The molecule has 2 rings (SSSR count). The van der Waals surface area contributed by atoms with Crippen molar-refractivity contribution in [1.29, 1.82) is 0 Å². The Labute approximate surface area is 80.0 Å². The fraction of sp³-hybridized carbons (Fsp3) is 0.250. The smallest absolute Gasteiger partial charge is 0.180 e. The van der Waals surface area contributed by atoms with E-state index in [1.165, 1.54) is 11.3 Å². The second kappa shape index (κ2) is 3.18. The molecule has 0 radical (unpaired) electrons. The molecular weight excluding hydrogens is 184 g/mol. The molecule has 2 aromatic rings. The van der Waals surface area contributed by atoms with Crippen molar-refractivity contribution in [2.24, 2.45) is 0 Å². The minimum atomic E-state index is 0.610. The molecule has 0 saturated carbocycles. The van der Waals surface area contributed by atoms with Gasteiger partial charge in [0.25, 0.3) is 0 Å². The van der Waals surface area contributed by atoms with Crippen LogP contribution in [-0.2, 0) is 6.54 Å². The van der Waals surface area contributed by atoms with Gasteiger partial charge in [-0.2, -0.15) is 5.10 Å². The van der Waals surface area contributed by atoms with Crippen LogP contribution in [-0.4, -0.2) is 14.8 Å². The third-order valence-corrected chi connectivity index (χ3v) is 2.38. The van der Waals surface area contributed by atoms with E-state index < -0.39 is 0 Å². The Bertz CT molecular complexity index is 365. The van der Waals surface area contributed by atoms with E-state index in [0.29, 0.717) is 11.7 Å². The summed E-state index contributed by atoms with van der Waals surface area (Å²) in [6.07, 6.45) is 3.81. The van der Waals surface area contributed by atoms with Gasteiger partial charge in [-0.25, -0.2) is 4.98 Å². The third kappa shape index (κ3) is 1.86. The SMILES string of the molecule is Cc1cnn(Cc2csc(N)n2)c1. The fourth-order valence-corrected chi connectivity index (χ4v) is 1.67. The number of aromatic nitrogens is 3. The Morgan fingerprint density at radius 1 is 1.62 bits per heavy atom. The summed E-state index contributed by atoms with van der Waals surface area (Å²) in [4.78, 5) is 4.15. The van der Waals surface area contributed by atoms with E-state index in [4.69, 9.17) is 5.73 Å². The minimum absolute atomic E-state index is 0.610. The van der Waals surface area contributed by atoms with Gasteiger partial charge in [-0.3, -0.25) is 4.68 Å². The van der Waals surface area contributed by atoms with Crippen LogP contribution in [0.15, 0.2) is 17.8 Å². The van der Waals surface area contributed by atoms with Crippen molar-refractivity contribution in [3.63, 3.8) is 0 Å². The van der Waals surface area contributed by atoms with Crippen molar-refractivity contribution in [1.82, 2.24) is 14.8 Å². The highest BCUT2D eigenvalue weighted by Gasteiger charge is 2.00. The molecule has 5 heteroatoms. The van der Waals surface area contributed by atoms with Gasteiger partial charge < -0.3 is 5.73 Å². The van der Waals surface area contributed by atoms with Crippen molar-refractivity contribution in [2.75, 3.05) is 5.73 Å². The number of nitrogen functional groups attached to an aromatic ring is 1.